The van der Waals surface area contributed by atoms with Crippen molar-refractivity contribution in [1.29, 1.82) is 0 Å². The number of aromatic nitrogens is 2. The molecule has 2 heterocycles. The molecule has 18 heavy (non-hydrogen) atoms. The third kappa shape index (κ3) is 3.10. The van der Waals surface area contributed by atoms with Crippen molar-refractivity contribution in [2.75, 3.05) is 18.0 Å². The lowest BCUT2D eigenvalue weighted by Crippen LogP contribution is -2.48. The van der Waals surface area contributed by atoms with E-state index in [1.165, 1.54) is 0 Å². The number of hydrogen-bond donors (Lipinski definition) is 1. The lowest BCUT2D eigenvalue weighted by Gasteiger charge is -2.35. The Hall–Kier alpha value is -1.36. The SMILES string of the molecule is CC(C)Oc1ccnc(N2CCC(C)C(N)C2)n1. The number of hydrogen-bond acceptors (Lipinski definition) is 5. The van der Waals surface area contributed by atoms with Crippen LogP contribution in [0.1, 0.15) is 27.2 Å². The van der Waals surface area contributed by atoms with Gasteiger partial charge in [-0.25, -0.2) is 4.98 Å². The lowest BCUT2D eigenvalue weighted by molar-refractivity contribution is 0.232. The number of rotatable bonds is 3. The summed E-state index contributed by atoms with van der Waals surface area (Å²) in [5.41, 5.74) is 6.10. The van der Waals surface area contributed by atoms with Gasteiger partial charge < -0.3 is 15.4 Å². The predicted octanol–water partition coefficient (Wildman–Crippen LogP) is 1.44. The highest BCUT2D eigenvalue weighted by atomic mass is 16.5. The molecule has 0 spiro atoms. The highest BCUT2D eigenvalue weighted by Crippen LogP contribution is 2.21. The molecule has 2 atom stereocenters. The van der Waals surface area contributed by atoms with Crippen LogP contribution in [0.4, 0.5) is 5.95 Å². The Balaban J connectivity index is 2.08. The molecule has 0 radical (unpaired) electrons. The normalized spacial score (nSPS) is 24.4. The summed E-state index contributed by atoms with van der Waals surface area (Å²) in [6.07, 6.45) is 2.94. The van der Waals surface area contributed by atoms with Crippen molar-refractivity contribution in [1.82, 2.24) is 9.97 Å². The smallest absolute Gasteiger partial charge is 0.228 e. The van der Waals surface area contributed by atoms with Crippen molar-refractivity contribution in [3.05, 3.63) is 12.3 Å². The quantitative estimate of drug-likeness (QED) is 0.879. The Labute approximate surface area is 108 Å². The molecule has 1 aliphatic heterocycles. The molecule has 0 amide bonds. The molecular weight excluding hydrogens is 228 g/mol. The molecule has 0 aliphatic carbocycles. The van der Waals surface area contributed by atoms with Crippen LogP contribution in [0.5, 0.6) is 5.88 Å². The van der Waals surface area contributed by atoms with Crippen LogP contribution in [0.2, 0.25) is 0 Å². The molecule has 1 aliphatic rings. The van der Waals surface area contributed by atoms with Gasteiger partial charge in [0.1, 0.15) is 0 Å². The molecular formula is C13H22N4O. The molecule has 0 bridgehead atoms. The first-order valence-electron chi connectivity index (χ1n) is 6.56. The molecule has 2 N–H and O–H groups in total. The van der Waals surface area contributed by atoms with Gasteiger partial charge in [-0.2, -0.15) is 4.98 Å². The fraction of sp³-hybridized carbons (Fsp3) is 0.692. The third-order valence-electron chi connectivity index (χ3n) is 3.27. The van der Waals surface area contributed by atoms with Crippen molar-refractivity contribution in [3.8, 4) is 5.88 Å². The first-order valence-corrected chi connectivity index (χ1v) is 6.56. The van der Waals surface area contributed by atoms with Crippen LogP contribution in [-0.2, 0) is 0 Å². The van der Waals surface area contributed by atoms with E-state index in [9.17, 15) is 0 Å². The second kappa shape index (κ2) is 5.52. The molecule has 1 fully saturated rings. The van der Waals surface area contributed by atoms with Crippen molar-refractivity contribution >= 4 is 5.95 Å². The van der Waals surface area contributed by atoms with Crippen molar-refractivity contribution in [2.45, 2.75) is 39.3 Å². The van der Waals surface area contributed by atoms with Crippen molar-refractivity contribution < 1.29 is 4.74 Å². The molecule has 100 valence electrons. The Morgan fingerprint density at radius 3 is 2.94 bits per heavy atom. The Kier molecular flexibility index (Phi) is 4.01. The first-order chi connectivity index (χ1) is 8.56. The number of anilines is 1. The highest BCUT2D eigenvalue weighted by molar-refractivity contribution is 5.33. The van der Waals surface area contributed by atoms with Gasteiger partial charge in [-0.3, -0.25) is 0 Å². The molecule has 2 rings (SSSR count). The number of nitrogens with zero attached hydrogens (tertiary/aromatic N) is 3. The van der Waals surface area contributed by atoms with Gasteiger partial charge in [-0.1, -0.05) is 6.92 Å². The van der Waals surface area contributed by atoms with E-state index in [1.807, 2.05) is 13.8 Å². The van der Waals surface area contributed by atoms with Crippen LogP contribution in [0, 0.1) is 5.92 Å². The summed E-state index contributed by atoms with van der Waals surface area (Å²) in [7, 11) is 0. The van der Waals surface area contributed by atoms with Gasteiger partial charge in [0.05, 0.1) is 6.10 Å². The average Bonchev–Trinajstić information content (AvgIpc) is 2.32. The molecule has 1 aromatic rings. The summed E-state index contributed by atoms with van der Waals surface area (Å²) in [5, 5.41) is 0. The van der Waals surface area contributed by atoms with Crippen LogP contribution in [0.15, 0.2) is 12.3 Å². The standard InChI is InChI=1S/C13H22N4O/c1-9(2)18-12-4-6-15-13(16-12)17-7-5-10(3)11(14)8-17/h4,6,9-11H,5,7-8,14H2,1-3H3. The molecule has 1 saturated heterocycles. The number of ether oxygens (including phenoxy) is 1. The van der Waals surface area contributed by atoms with E-state index in [-0.39, 0.29) is 12.1 Å². The maximum atomic E-state index is 6.10. The van der Waals surface area contributed by atoms with Crippen molar-refractivity contribution in [2.24, 2.45) is 11.7 Å². The topological polar surface area (TPSA) is 64.3 Å². The summed E-state index contributed by atoms with van der Waals surface area (Å²) in [6.45, 7) is 7.94. The second-order valence-electron chi connectivity index (χ2n) is 5.24. The zero-order chi connectivity index (χ0) is 13.1. The van der Waals surface area contributed by atoms with Gasteiger partial charge in [0.15, 0.2) is 0 Å². The molecule has 0 aromatic carbocycles. The van der Waals surface area contributed by atoms with E-state index in [4.69, 9.17) is 10.5 Å². The molecule has 5 nitrogen and oxygen atoms in total. The van der Waals surface area contributed by atoms with Crippen LogP contribution in [-0.4, -0.2) is 35.2 Å². The zero-order valence-electron chi connectivity index (χ0n) is 11.3. The zero-order valence-corrected chi connectivity index (χ0v) is 11.3. The molecule has 2 unspecified atom stereocenters. The molecule has 0 saturated carbocycles. The Morgan fingerprint density at radius 1 is 1.50 bits per heavy atom. The monoisotopic (exact) mass is 250 g/mol. The van der Waals surface area contributed by atoms with Gasteiger partial charge in [0.25, 0.3) is 0 Å². The minimum atomic E-state index is 0.122. The van der Waals surface area contributed by atoms with Gasteiger partial charge >= 0.3 is 0 Å². The van der Waals surface area contributed by atoms with Crippen LogP contribution in [0.25, 0.3) is 0 Å². The van der Waals surface area contributed by atoms with Gasteiger partial charge in [0.2, 0.25) is 11.8 Å². The van der Waals surface area contributed by atoms with Crippen LogP contribution >= 0.6 is 0 Å². The molecule has 5 heteroatoms. The minimum Gasteiger partial charge on any atom is -0.475 e. The van der Waals surface area contributed by atoms with E-state index < -0.39 is 0 Å². The minimum absolute atomic E-state index is 0.122. The second-order valence-corrected chi connectivity index (χ2v) is 5.24. The lowest BCUT2D eigenvalue weighted by atomic mass is 9.95. The summed E-state index contributed by atoms with van der Waals surface area (Å²) in [4.78, 5) is 10.9. The molecule has 1 aromatic heterocycles. The largest absolute Gasteiger partial charge is 0.475 e. The van der Waals surface area contributed by atoms with E-state index in [0.29, 0.717) is 11.8 Å². The van der Waals surface area contributed by atoms with Crippen molar-refractivity contribution in [3.63, 3.8) is 0 Å². The summed E-state index contributed by atoms with van der Waals surface area (Å²) < 4.78 is 5.58. The highest BCUT2D eigenvalue weighted by Gasteiger charge is 2.24. The summed E-state index contributed by atoms with van der Waals surface area (Å²) in [5.74, 6) is 1.91. The van der Waals surface area contributed by atoms with Crippen LogP contribution < -0.4 is 15.4 Å². The van der Waals surface area contributed by atoms with E-state index in [0.717, 1.165) is 25.5 Å². The fourth-order valence-electron chi connectivity index (χ4n) is 2.07. The van der Waals surface area contributed by atoms with Gasteiger partial charge in [-0.05, 0) is 26.2 Å². The average molecular weight is 250 g/mol. The predicted molar refractivity (Wildman–Crippen MR) is 71.8 cm³/mol. The van der Waals surface area contributed by atoms with E-state index >= 15 is 0 Å². The maximum absolute atomic E-state index is 6.10. The Bertz CT molecular complexity index is 396. The summed E-state index contributed by atoms with van der Waals surface area (Å²) >= 11 is 0. The van der Waals surface area contributed by atoms with Gasteiger partial charge in [-0.15, -0.1) is 0 Å². The number of nitrogens with two attached hydrogens (primary N) is 1. The maximum Gasteiger partial charge on any atom is 0.228 e. The van der Waals surface area contributed by atoms with Gasteiger partial charge in [0, 0.05) is 31.4 Å². The number of piperidine rings is 1. The summed E-state index contributed by atoms with van der Waals surface area (Å²) in [6, 6.07) is 1.98. The van der Waals surface area contributed by atoms with E-state index in [1.54, 1.807) is 12.3 Å². The fourth-order valence-corrected chi connectivity index (χ4v) is 2.07. The van der Waals surface area contributed by atoms with Crippen LogP contribution in [0.3, 0.4) is 0 Å². The van der Waals surface area contributed by atoms with E-state index in [2.05, 4.69) is 21.8 Å². The third-order valence-corrected chi connectivity index (χ3v) is 3.27. The Morgan fingerprint density at radius 2 is 2.28 bits per heavy atom. The first kappa shape index (κ1) is 13.1.